The number of anilines is 2. The van der Waals surface area contributed by atoms with E-state index in [9.17, 15) is 9.59 Å². The summed E-state index contributed by atoms with van der Waals surface area (Å²) in [6, 6.07) is 4.66. The lowest BCUT2D eigenvalue weighted by molar-refractivity contribution is -0.121. The maximum absolute atomic E-state index is 11.8. The molecule has 1 aliphatic rings. The molecule has 1 unspecified atom stereocenters. The van der Waals surface area contributed by atoms with Crippen LogP contribution in [-0.4, -0.2) is 23.9 Å². The van der Waals surface area contributed by atoms with Gasteiger partial charge in [-0.25, -0.2) is 0 Å². The summed E-state index contributed by atoms with van der Waals surface area (Å²) >= 11 is 0. The van der Waals surface area contributed by atoms with Gasteiger partial charge in [0.05, 0.1) is 11.4 Å². The molecule has 1 fully saturated rings. The highest BCUT2D eigenvalue weighted by atomic mass is 16.2. The molecule has 6 N–H and O–H groups in total. The highest BCUT2D eigenvalue weighted by Gasteiger charge is 2.25. The van der Waals surface area contributed by atoms with Crippen LogP contribution >= 0.6 is 0 Å². The van der Waals surface area contributed by atoms with Crippen molar-refractivity contribution in [3.63, 3.8) is 0 Å². The number of nitrogens with one attached hydrogen (secondary N) is 2. The Morgan fingerprint density at radius 1 is 1.37 bits per heavy atom. The fraction of sp³-hybridized carbons (Fsp3) is 0.385. The minimum Gasteiger partial charge on any atom is -0.397 e. The Morgan fingerprint density at radius 3 is 2.58 bits per heavy atom. The fourth-order valence-corrected chi connectivity index (χ4v) is 1.70. The Morgan fingerprint density at radius 2 is 2.05 bits per heavy atom. The predicted molar refractivity (Wildman–Crippen MR) is 73.6 cm³/mol. The van der Waals surface area contributed by atoms with E-state index < -0.39 is 5.91 Å². The van der Waals surface area contributed by atoms with Gasteiger partial charge >= 0.3 is 0 Å². The number of amides is 2. The van der Waals surface area contributed by atoms with Crippen LogP contribution in [0, 0.1) is 0 Å². The molecule has 2 rings (SSSR count). The van der Waals surface area contributed by atoms with Gasteiger partial charge in [-0.3, -0.25) is 9.59 Å². The number of hydrogen-bond donors (Lipinski definition) is 4. The zero-order valence-electron chi connectivity index (χ0n) is 10.8. The molecule has 0 heterocycles. The van der Waals surface area contributed by atoms with Gasteiger partial charge in [0.2, 0.25) is 11.8 Å². The number of nitrogens with two attached hydrogens (primary N) is 2. The van der Waals surface area contributed by atoms with Crippen molar-refractivity contribution >= 4 is 23.2 Å². The number of nitrogen functional groups attached to an aromatic ring is 1. The average molecular weight is 262 g/mol. The van der Waals surface area contributed by atoms with Crippen LogP contribution in [0.3, 0.4) is 0 Å². The number of primary amides is 1. The van der Waals surface area contributed by atoms with Gasteiger partial charge in [0, 0.05) is 11.6 Å². The number of carbonyl (C=O) groups is 2. The van der Waals surface area contributed by atoms with Crippen LogP contribution in [-0.2, 0) is 4.79 Å². The standard InChI is InChI=1S/C13H18N4O2/c1-7(13(19)17-9-3-4-9)16-11-5-2-8(12(15)18)6-10(11)14/h2,5-7,9,16H,3-4,14H2,1H3,(H2,15,18)(H,17,19). The summed E-state index contributed by atoms with van der Waals surface area (Å²) < 4.78 is 0. The minimum absolute atomic E-state index is 0.0547. The molecule has 0 radical (unpaired) electrons. The molecular weight excluding hydrogens is 244 g/mol. The van der Waals surface area contributed by atoms with Crippen molar-refractivity contribution in [2.24, 2.45) is 5.73 Å². The first kappa shape index (κ1) is 13.2. The van der Waals surface area contributed by atoms with E-state index in [1.807, 2.05) is 0 Å². The summed E-state index contributed by atoms with van der Waals surface area (Å²) in [4.78, 5) is 22.8. The number of hydrogen-bond acceptors (Lipinski definition) is 4. The summed E-state index contributed by atoms with van der Waals surface area (Å²) in [6.45, 7) is 1.76. The first-order valence-electron chi connectivity index (χ1n) is 6.23. The molecule has 0 saturated heterocycles. The first-order chi connectivity index (χ1) is 8.97. The van der Waals surface area contributed by atoms with Crippen molar-refractivity contribution in [3.8, 4) is 0 Å². The van der Waals surface area contributed by atoms with Crippen LogP contribution in [0.15, 0.2) is 18.2 Å². The smallest absolute Gasteiger partial charge is 0.248 e. The molecule has 19 heavy (non-hydrogen) atoms. The molecule has 102 valence electrons. The van der Waals surface area contributed by atoms with Crippen LogP contribution in [0.25, 0.3) is 0 Å². The molecular formula is C13H18N4O2. The molecule has 2 amide bonds. The highest BCUT2D eigenvalue weighted by molar-refractivity contribution is 5.95. The average Bonchev–Trinajstić information content (AvgIpc) is 3.15. The maximum Gasteiger partial charge on any atom is 0.248 e. The van der Waals surface area contributed by atoms with E-state index in [4.69, 9.17) is 11.5 Å². The maximum atomic E-state index is 11.8. The predicted octanol–water partition coefficient (Wildman–Crippen LogP) is 0.447. The van der Waals surface area contributed by atoms with Gasteiger partial charge < -0.3 is 22.1 Å². The molecule has 0 spiro atoms. The third-order valence-corrected chi connectivity index (χ3v) is 3.03. The largest absolute Gasteiger partial charge is 0.397 e. The first-order valence-corrected chi connectivity index (χ1v) is 6.23. The van der Waals surface area contributed by atoms with Crippen molar-refractivity contribution in [1.29, 1.82) is 0 Å². The normalized spacial score (nSPS) is 15.6. The Bertz CT molecular complexity index is 511. The number of carbonyl (C=O) groups excluding carboxylic acids is 2. The van der Waals surface area contributed by atoms with Crippen LogP contribution in [0.5, 0.6) is 0 Å². The monoisotopic (exact) mass is 262 g/mol. The second-order valence-electron chi connectivity index (χ2n) is 4.82. The summed E-state index contributed by atoms with van der Waals surface area (Å²) in [5, 5.41) is 5.93. The molecule has 1 aliphatic carbocycles. The Kier molecular flexibility index (Phi) is 3.59. The van der Waals surface area contributed by atoms with Crippen LogP contribution in [0.2, 0.25) is 0 Å². The third kappa shape index (κ3) is 3.37. The molecule has 0 aliphatic heterocycles. The van der Waals surface area contributed by atoms with Crippen molar-refractivity contribution in [2.45, 2.75) is 31.8 Å². The van der Waals surface area contributed by atoms with E-state index >= 15 is 0 Å². The number of benzene rings is 1. The fourth-order valence-electron chi connectivity index (χ4n) is 1.70. The Balaban J connectivity index is 2.01. The van der Waals surface area contributed by atoms with Gasteiger partial charge in [0.15, 0.2) is 0 Å². The van der Waals surface area contributed by atoms with Gasteiger partial charge in [-0.15, -0.1) is 0 Å². The van der Waals surface area contributed by atoms with Crippen molar-refractivity contribution in [2.75, 3.05) is 11.1 Å². The molecule has 1 saturated carbocycles. The van der Waals surface area contributed by atoms with E-state index in [-0.39, 0.29) is 11.9 Å². The molecule has 0 bridgehead atoms. The SMILES string of the molecule is CC(Nc1ccc(C(N)=O)cc1N)C(=O)NC1CC1. The topological polar surface area (TPSA) is 110 Å². The van der Waals surface area contributed by atoms with Crippen LogP contribution < -0.4 is 22.1 Å². The second-order valence-corrected chi connectivity index (χ2v) is 4.82. The quantitative estimate of drug-likeness (QED) is 0.577. The van der Waals surface area contributed by atoms with E-state index in [1.54, 1.807) is 19.1 Å². The lowest BCUT2D eigenvalue weighted by Crippen LogP contribution is -2.38. The van der Waals surface area contributed by atoms with E-state index in [0.717, 1.165) is 12.8 Å². The van der Waals surface area contributed by atoms with Crippen LogP contribution in [0.4, 0.5) is 11.4 Å². The van der Waals surface area contributed by atoms with Crippen molar-refractivity contribution in [3.05, 3.63) is 23.8 Å². The molecule has 6 heteroatoms. The lowest BCUT2D eigenvalue weighted by atomic mass is 10.1. The number of rotatable bonds is 5. The molecule has 1 aromatic rings. The van der Waals surface area contributed by atoms with Crippen LogP contribution in [0.1, 0.15) is 30.1 Å². The Hall–Kier alpha value is -2.24. The van der Waals surface area contributed by atoms with Gasteiger partial charge in [-0.2, -0.15) is 0 Å². The summed E-state index contributed by atoms with van der Waals surface area (Å²) in [5.74, 6) is -0.585. The van der Waals surface area contributed by atoms with Crippen molar-refractivity contribution < 1.29 is 9.59 Å². The molecule has 1 atom stereocenters. The van der Waals surface area contributed by atoms with Gasteiger partial charge in [-0.1, -0.05) is 0 Å². The van der Waals surface area contributed by atoms with Gasteiger partial charge in [0.25, 0.3) is 0 Å². The molecule has 1 aromatic carbocycles. The zero-order chi connectivity index (χ0) is 14.0. The highest BCUT2D eigenvalue weighted by Crippen LogP contribution is 2.22. The minimum atomic E-state index is -0.530. The van der Waals surface area contributed by atoms with E-state index in [1.165, 1.54) is 6.07 Å². The molecule has 6 nitrogen and oxygen atoms in total. The van der Waals surface area contributed by atoms with E-state index in [0.29, 0.717) is 23.0 Å². The summed E-state index contributed by atoms with van der Waals surface area (Å²) in [6.07, 6.45) is 2.10. The Labute approximate surface area is 111 Å². The van der Waals surface area contributed by atoms with E-state index in [2.05, 4.69) is 10.6 Å². The lowest BCUT2D eigenvalue weighted by Gasteiger charge is -2.16. The summed E-state index contributed by atoms with van der Waals surface area (Å²) in [7, 11) is 0. The zero-order valence-corrected chi connectivity index (χ0v) is 10.8. The molecule has 0 aromatic heterocycles. The second kappa shape index (κ2) is 5.17. The summed E-state index contributed by atoms with van der Waals surface area (Å²) in [5.41, 5.74) is 12.3. The third-order valence-electron chi connectivity index (χ3n) is 3.03. The van der Waals surface area contributed by atoms with Crippen molar-refractivity contribution in [1.82, 2.24) is 5.32 Å². The van der Waals surface area contributed by atoms with Gasteiger partial charge in [-0.05, 0) is 38.0 Å². The van der Waals surface area contributed by atoms with Gasteiger partial charge in [0.1, 0.15) is 6.04 Å².